The van der Waals surface area contributed by atoms with E-state index < -0.39 is 0 Å². The quantitative estimate of drug-likeness (QED) is 0.874. The Morgan fingerprint density at radius 1 is 1.26 bits per heavy atom. The zero-order valence-electron chi connectivity index (χ0n) is 12.2. The highest BCUT2D eigenvalue weighted by Crippen LogP contribution is 2.38. The molecular weight excluding hydrogens is 234 g/mol. The second kappa shape index (κ2) is 6.06. The van der Waals surface area contributed by atoms with Crippen molar-refractivity contribution >= 4 is 0 Å². The topological polar surface area (TPSA) is 46.2 Å². The van der Waals surface area contributed by atoms with Gasteiger partial charge in [-0.05, 0) is 36.3 Å². The minimum absolute atomic E-state index is 0.0996. The van der Waals surface area contributed by atoms with Crippen LogP contribution in [0.3, 0.4) is 0 Å². The van der Waals surface area contributed by atoms with Crippen LogP contribution in [0.25, 0.3) is 0 Å². The van der Waals surface area contributed by atoms with Crippen LogP contribution in [-0.4, -0.2) is 17.8 Å². The number of hydrogen-bond acceptors (Lipinski definition) is 2. The highest BCUT2D eigenvalue weighted by molar-refractivity contribution is 5.26. The number of aliphatic hydroxyl groups is 1. The molecule has 0 aromatic heterocycles. The Balaban J connectivity index is 2.13. The molecule has 2 nitrogen and oxygen atoms in total. The van der Waals surface area contributed by atoms with Gasteiger partial charge in [-0.1, -0.05) is 51.0 Å². The number of hydrogen-bond donors (Lipinski definition) is 2. The van der Waals surface area contributed by atoms with Crippen LogP contribution in [0, 0.1) is 5.41 Å². The first-order valence-electron chi connectivity index (χ1n) is 7.54. The molecule has 1 aliphatic carbocycles. The first kappa shape index (κ1) is 14.5. The Labute approximate surface area is 117 Å². The van der Waals surface area contributed by atoms with E-state index in [9.17, 15) is 5.11 Å². The Morgan fingerprint density at radius 2 is 1.95 bits per heavy atom. The van der Waals surface area contributed by atoms with Gasteiger partial charge in [-0.25, -0.2) is 0 Å². The minimum atomic E-state index is -0.240. The summed E-state index contributed by atoms with van der Waals surface area (Å²) in [6.45, 7) is 5.00. The summed E-state index contributed by atoms with van der Waals surface area (Å²) >= 11 is 0. The van der Waals surface area contributed by atoms with E-state index in [1.807, 2.05) is 0 Å². The van der Waals surface area contributed by atoms with Gasteiger partial charge in [0.15, 0.2) is 0 Å². The fourth-order valence-electron chi connectivity index (χ4n) is 3.23. The lowest BCUT2D eigenvalue weighted by molar-refractivity contribution is -0.00585. The smallest absolute Gasteiger partial charge is 0.0611 e. The molecule has 0 radical (unpaired) electrons. The summed E-state index contributed by atoms with van der Waals surface area (Å²) in [4.78, 5) is 0. The molecule has 0 spiro atoms. The van der Waals surface area contributed by atoms with Gasteiger partial charge in [-0.2, -0.15) is 0 Å². The van der Waals surface area contributed by atoms with Crippen LogP contribution in [0.5, 0.6) is 0 Å². The third kappa shape index (κ3) is 3.18. The predicted octanol–water partition coefficient (Wildman–Crippen LogP) is 3.23. The van der Waals surface area contributed by atoms with Gasteiger partial charge in [-0.15, -0.1) is 0 Å². The maximum atomic E-state index is 10.3. The molecular formula is C17H27NO. The molecule has 1 aromatic rings. The van der Waals surface area contributed by atoms with E-state index in [1.165, 1.54) is 17.5 Å². The lowest BCUT2D eigenvalue weighted by Crippen LogP contribution is -2.45. The molecule has 0 amide bonds. The molecule has 2 rings (SSSR count). The van der Waals surface area contributed by atoms with Crippen LogP contribution in [0.2, 0.25) is 0 Å². The van der Waals surface area contributed by atoms with Gasteiger partial charge in [0, 0.05) is 12.0 Å². The van der Waals surface area contributed by atoms with Gasteiger partial charge in [0.25, 0.3) is 0 Å². The van der Waals surface area contributed by atoms with Crippen molar-refractivity contribution in [1.82, 2.24) is 0 Å². The van der Waals surface area contributed by atoms with Crippen molar-refractivity contribution in [3.8, 4) is 0 Å². The molecule has 0 saturated heterocycles. The van der Waals surface area contributed by atoms with Crippen molar-refractivity contribution in [3.63, 3.8) is 0 Å². The van der Waals surface area contributed by atoms with E-state index in [2.05, 4.69) is 38.1 Å². The molecule has 0 bridgehead atoms. The summed E-state index contributed by atoms with van der Waals surface area (Å²) < 4.78 is 0. The predicted molar refractivity (Wildman–Crippen MR) is 80.2 cm³/mol. The molecule has 0 aliphatic heterocycles. The molecule has 2 atom stereocenters. The van der Waals surface area contributed by atoms with E-state index in [4.69, 9.17) is 5.73 Å². The molecule has 106 valence electrons. The van der Waals surface area contributed by atoms with Crippen molar-refractivity contribution in [1.29, 1.82) is 0 Å². The van der Waals surface area contributed by atoms with Crippen LogP contribution in [0.4, 0.5) is 0 Å². The Kier molecular flexibility index (Phi) is 4.64. The number of benzene rings is 1. The normalized spacial score (nSPS) is 27.7. The molecule has 3 N–H and O–H groups in total. The van der Waals surface area contributed by atoms with Crippen molar-refractivity contribution < 1.29 is 5.11 Å². The number of nitrogens with two attached hydrogens (primary N) is 1. The average molecular weight is 261 g/mol. The zero-order valence-corrected chi connectivity index (χ0v) is 12.2. The van der Waals surface area contributed by atoms with Crippen molar-refractivity contribution in [2.75, 3.05) is 6.54 Å². The molecule has 1 saturated carbocycles. The van der Waals surface area contributed by atoms with Gasteiger partial charge in [0.1, 0.15) is 0 Å². The Morgan fingerprint density at radius 3 is 2.47 bits per heavy atom. The van der Waals surface area contributed by atoms with Crippen LogP contribution < -0.4 is 5.73 Å². The Hall–Kier alpha value is -0.860. The molecule has 0 heterocycles. The van der Waals surface area contributed by atoms with Gasteiger partial charge >= 0.3 is 0 Å². The maximum absolute atomic E-state index is 10.3. The monoisotopic (exact) mass is 261 g/mol. The van der Waals surface area contributed by atoms with Crippen molar-refractivity contribution in [3.05, 3.63) is 35.4 Å². The second-order valence-corrected chi connectivity index (χ2v) is 6.40. The van der Waals surface area contributed by atoms with E-state index in [-0.39, 0.29) is 11.5 Å². The molecule has 1 aliphatic rings. The van der Waals surface area contributed by atoms with E-state index in [1.54, 1.807) is 0 Å². The molecule has 2 heteroatoms. The van der Waals surface area contributed by atoms with Crippen LogP contribution in [-0.2, 0) is 6.42 Å². The van der Waals surface area contributed by atoms with E-state index >= 15 is 0 Å². The van der Waals surface area contributed by atoms with Gasteiger partial charge < -0.3 is 10.8 Å². The summed E-state index contributed by atoms with van der Waals surface area (Å²) in [6.07, 6.45) is 4.95. The largest absolute Gasteiger partial charge is 0.392 e. The van der Waals surface area contributed by atoms with Gasteiger partial charge in [0.2, 0.25) is 0 Å². The molecule has 1 aromatic carbocycles. The number of aliphatic hydroxyl groups excluding tert-OH is 1. The summed E-state index contributed by atoms with van der Waals surface area (Å²) in [5.41, 5.74) is 8.57. The second-order valence-electron chi connectivity index (χ2n) is 6.40. The maximum Gasteiger partial charge on any atom is 0.0611 e. The highest BCUT2D eigenvalue weighted by Gasteiger charge is 2.38. The average Bonchev–Trinajstić information content (AvgIpc) is 2.42. The standard InChI is InChI=1S/C17H27NO/c1-13(2)15-8-6-14(7-9-15)11-17(12-18)10-4-3-5-16(17)19/h6-9,13,16,19H,3-5,10-12,18H2,1-2H3. The van der Waals surface area contributed by atoms with E-state index in [0.29, 0.717) is 12.5 Å². The lowest BCUT2D eigenvalue weighted by Gasteiger charge is -2.41. The molecule has 2 unspecified atom stereocenters. The third-order valence-corrected chi connectivity index (χ3v) is 4.72. The first-order valence-corrected chi connectivity index (χ1v) is 7.54. The minimum Gasteiger partial charge on any atom is -0.392 e. The summed E-state index contributed by atoms with van der Waals surface area (Å²) in [6, 6.07) is 8.82. The highest BCUT2D eigenvalue weighted by atomic mass is 16.3. The first-order chi connectivity index (χ1) is 9.07. The Bertz CT molecular complexity index is 398. The molecule has 1 fully saturated rings. The number of rotatable bonds is 4. The lowest BCUT2D eigenvalue weighted by atomic mass is 9.68. The summed E-state index contributed by atoms with van der Waals surface area (Å²) in [7, 11) is 0. The molecule has 19 heavy (non-hydrogen) atoms. The summed E-state index contributed by atoms with van der Waals surface area (Å²) in [5.74, 6) is 0.567. The zero-order chi connectivity index (χ0) is 13.9. The van der Waals surface area contributed by atoms with E-state index in [0.717, 1.165) is 25.7 Å². The fraction of sp³-hybridized carbons (Fsp3) is 0.647. The fourth-order valence-corrected chi connectivity index (χ4v) is 3.23. The van der Waals surface area contributed by atoms with Gasteiger partial charge in [-0.3, -0.25) is 0 Å². The van der Waals surface area contributed by atoms with Gasteiger partial charge in [0.05, 0.1) is 6.10 Å². The third-order valence-electron chi connectivity index (χ3n) is 4.72. The van der Waals surface area contributed by atoms with Crippen LogP contribution >= 0.6 is 0 Å². The van der Waals surface area contributed by atoms with Crippen molar-refractivity contribution in [2.45, 2.75) is 58.0 Å². The van der Waals surface area contributed by atoms with Crippen LogP contribution in [0.1, 0.15) is 56.6 Å². The SMILES string of the molecule is CC(C)c1ccc(CC2(CN)CCCCC2O)cc1. The summed E-state index contributed by atoms with van der Waals surface area (Å²) in [5, 5.41) is 10.3. The van der Waals surface area contributed by atoms with Crippen molar-refractivity contribution in [2.24, 2.45) is 11.1 Å². The van der Waals surface area contributed by atoms with Crippen LogP contribution in [0.15, 0.2) is 24.3 Å².